The van der Waals surface area contributed by atoms with Gasteiger partial charge in [-0.15, -0.1) is 0 Å². The Kier molecular flexibility index (Phi) is 6.96. The molecule has 3 aromatic rings. The predicted molar refractivity (Wildman–Crippen MR) is 147 cm³/mol. The third kappa shape index (κ3) is 4.70. The molecule has 7 rings (SSSR count). The standard InChI is InChI=1S/C29H29F7N6O3/c1-11-18(29(34,35)36)14(7-15(37)19(11)30)21-20(31)22-17-24(41-27(40-22)44-10-28(26(32)33)5-6-43-9-28)42-8-13-3-4-16(38-13)23(42)12(2)45-25(17)39-21/h7,12-13,16,23,26,38H,3-6,8-10,37H2,1-2H3/t12-,13+,16-,23+,28?/m0/s1. The van der Waals surface area contributed by atoms with E-state index in [2.05, 4.69) is 20.3 Å². The summed E-state index contributed by atoms with van der Waals surface area (Å²) in [6.07, 6.45) is -6.82. The minimum Gasteiger partial charge on any atom is -0.472 e. The van der Waals surface area contributed by atoms with Crippen LogP contribution in [-0.2, 0) is 10.9 Å². The van der Waals surface area contributed by atoms with Crippen LogP contribution in [0.5, 0.6) is 11.9 Å². The summed E-state index contributed by atoms with van der Waals surface area (Å²) in [7, 11) is 0. The van der Waals surface area contributed by atoms with Crippen molar-refractivity contribution in [1.82, 2.24) is 20.3 Å². The third-order valence-electron chi connectivity index (χ3n) is 9.38. The molecule has 3 saturated heterocycles. The van der Waals surface area contributed by atoms with E-state index in [4.69, 9.17) is 19.9 Å². The summed E-state index contributed by atoms with van der Waals surface area (Å²) in [5.74, 6) is -2.66. The number of pyridine rings is 1. The second-order valence-electron chi connectivity index (χ2n) is 12.2. The molecule has 3 N–H and O–H groups in total. The molecule has 1 aromatic carbocycles. The van der Waals surface area contributed by atoms with Gasteiger partial charge in [0, 0.05) is 30.8 Å². The van der Waals surface area contributed by atoms with Crippen molar-refractivity contribution in [3.05, 3.63) is 28.8 Å². The average molecular weight is 643 g/mol. The highest BCUT2D eigenvalue weighted by Gasteiger charge is 2.48. The monoisotopic (exact) mass is 642 g/mol. The van der Waals surface area contributed by atoms with Crippen molar-refractivity contribution in [2.24, 2.45) is 5.41 Å². The van der Waals surface area contributed by atoms with Gasteiger partial charge < -0.3 is 30.2 Å². The lowest BCUT2D eigenvalue weighted by atomic mass is 9.89. The Morgan fingerprint density at radius 1 is 1.18 bits per heavy atom. The van der Waals surface area contributed by atoms with Gasteiger partial charge >= 0.3 is 12.2 Å². The van der Waals surface area contributed by atoms with Gasteiger partial charge in [-0.2, -0.15) is 23.1 Å². The number of nitrogens with one attached hydrogen (secondary N) is 1. The van der Waals surface area contributed by atoms with Gasteiger partial charge in [-0.25, -0.2) is 22.5 Å². The maximum Gasteiger partial charge on any atom is 0.417 e. The van der Waals surface area contributed by atoms with Crippen molar-refractivity contribution >= 4 is 22.4 Å². The molecule has 4 aliphatic rings. The van der Waals surface area contributed by atoms with E-state index in [1.165, 1.54) is 0 Å². The van der Waals surface area contributed by atoms with Crippen LogP contribution in [-0.4, -0.2) is 72.0 Å². The molecule has 5 atom stereocenters. The van der Waals surface area contributed by atoms with E-state index in [0.29, 0.717) is 12.6 Å². The zero-order chi connectivity index (χ0) is 32.0. The van der Waals surface area contributed by atoms with Crippen molar-refractivity contribution in [3.8, 4) is 23.1 Å². The maximum atomic E-state index is 16.6. The number of nitrogens with two attached hydrogens (primary N) is 1. The van der Waals surface area contributed by atoms with Gasteiger partial charge in [-0.3, -0.25) is 0 Å². The first-order chi connectivity index (χ1) is 21.3. The third-order valence-corrected chi connectivity index (χ3v) is 9.38. The molecule has 6 heterocycles. The lowest BCUT2D eigenvalue weighted by molar-refractivity contribution is -0.137. The van der Waals surface area contributed by atoms with E-state index in [9.17, 15) is 26.3 Å². The summed E-state index contributed by atoms with van der Waals surface area (Å²) < 4.78 is 119. The number of aromatic nitrogens is 3. The van der Waals surface area contributed by atoms with Crippen LogP contribution < -0.4 is 25.4 Å². The van der Waals surface area contributed by atoms with E-state index in [1.807, 2.05) is 4.90 Å². The summed E-state index contributed by atoms with van der Waals surface area (Å²) >= 11 is 0. The molecule has 4 aliphatic heterocycles. The number of alkyl halides is 5. The number of rotatable bonds is 5. The number of anilines is 2. The number of piperazine rings is 1. The van der Waals surface area contributed by atoms with Crippen molar-refractivity contribution in [2.75, 3.05) is 37.0 Å². The fourth-order valence-corrected chi connectivity index (χ4v) is 7.08. The smallest absolute Gasteiger partial charge is 0.417 e. The molecule has 0 spiro atoms. The Morgan fingerprint density at radius 2 is 1.96 bits per heavy atom. The van der Waals surface area contributed by atoms with Crippen LogP contribution in [0.25, 0.3) is 22.2 Å². The zero-order valence-electron chi connectivity index (χ0n) is 24.2. The molecule has 242 valence electrons. The quantitative estimate of drug-likeness (QED) is 0.293. The number of halogens is 7. The highest BCUT2D eigenvalue weighted by molar-refractivity contribution is 5.97. The average Bonchev–Trinajstić information content (AvgIpc) is 3.59. The summed E-state index contributed by atoms with van der Waals surface area (Å²) in [6.45, 7) is 2.38. The molecular weight excluding hydrogens is 613 g/mol. The van der Waals surface area contributed by atoms with Crippen molar-refractivity contribution < 1.29 is 44.9 Å². The molecule has 9 nitrogen and oxygen atoms in total. The van der Waals surface area contributed by atoms with Gasteiger partial charge in [0.1, 0.15) is 40.9 Å². The number of ether oxygens (including phenoxy) is 3. The number of fused-ring (bicyclic) bond motifs is 5. The molecule has 0 amide bonds. The minimum atomic E-state index is -5.11. The number of hydrogen-bond donors (Lipinski definition) is 2. The Balaban J connectivity index is 1.46. The zero-order valence-corrected chi connectivity index (χ0v) is 24.2. The summed E-state index contributed by atoms with van der Waals surface area (Å²) in [6, 6.07) is -0.102. The first kappa shape index (κ1) is 30.0. The van der Waals surface area contributed by atoms with Gasteiger partial charge in [-0.1, -0.05) is 0 Å². The van der Waals surface area contributed by atoms with Crippen molar-refractivity contribution in [3.63, 3.8) is 0 Å². The largest absolute Gasteiger partial charge is 0.472 e. The molecule has 2 bridgehead atoms. The molecule has 2 aromatic heterocycles. The molecule has 1 unspecified atom stereocenters. The second kappa shape index (κ2) is 10.4. The summed E-state index contributed by atoms with van der Waals surface area (Å²) in [5.41, 5.74) is -0.987. The van der Waals surface area contributed by atoms with Crippen molar-refractivity contribution in [2.45, 2.75) is 69.9 Å². The van der Waals surface area contributed by atoms with E-state index < -0.39 is 82.0 Å². The second-order valence-corrected chi connectivity index (χ2v) is 12.2. The Morgan fingerprint density at radius 3 is 2.64 bits per heavy atom. The summed E-state index contributed by atoms with van der Waals surface area (Å²) in [5, 5.41) is 3.52. The topological polar surface area (TPSA) is 108 Å². The number of nitrogens with zero attached hydrogens (tertiary/aromatic N) is 4. The van der Waals surface area contributed by atoms with Crippen LogP contribution >= 0.6 is 0 Å². The molecule has 0 aliphatic carbocycles. The van der Waals surface area contributed by atoms with E-state index in [0.717, 1.165) is 19.8 Å². The van der Waals surface area contributed by atoms with Crippen LogP contribution in [0.4, 0.5) is 42.2 Å². The normalized spacial score (nSPS) is 27.6. The molecular formula is C29H29F7N6O3. The lowest BCUT2D eigenvalue weighted by Gasteiger charge is -2.42. The van der Waals surface area contributed by atoms with Gasteiger partial charge in [0.05, 0.1) is 29.3 Å². The van der Waals surface area contributed by atoms with Crippen LogP contribution in [0.2, 0.25) is 0 Å². The molecule has 0 saturated carbocycles. The van der Waals surface area contributed by atoms with Gasteiger partial charge in [-0.05, 0) is 44.7 Å². The van der Waals surface area contributed by atoms with Crippen molar-refractivity contribution in [1.29, 1.82) is 0 Å². The van der Waals surface area contributed by atoms with E-state index in [1.54, 1.807) is 6.92 Å². The number of benzene rings is 1. The lowest BCUT2D eigenvalue weighted by Crippen LogP contribution is -2.62. The number of nitrogen functional groups attached to an aromatic ring is 1. The van der Waals surface area contributed by atoms with E-state index >= 15 is 4.39 Å². The maximum absolute atomic E-state index is 16.6. The van der Waals surface area contributed by atoms with E-state index in [-0.39, 0.29) is 54.8 Å². The molecule has 0 radical (unpaired) electrons. The van der Waals surface area contributed by atoms with Gasteiger partial charge in [0.25, 0.3) is 0 Å². The minimum absolute atomic E-state index is 0.00705. The van der Waals surface area contributed by atoms with Gasteiger partial charge in [0.2, 0.25) is 12.3 Å². The molecule has 3 fully saturated rings. The Labute approximate surface area is 252 Å². The summed E-state index contributed by atoms with van der Waals surface area (Å²) in [4.78, 5) is 14.9. The Hall–Kier alpha value is -3.66. The molecule has 16 heteroatoms. The first-order valence-electron chi connectivity index (χ1n) is 14.5. The van der Waals surface area contributed by atoms with Crippen LogP contribution in [0.15, 0.2) is 6.07 Å². The first-order valence-corrected chi connectivity index (χ1v) is 14.5. The molecule has 45 heavy (non-hydrogen) atoms. The predicted octanol–water partition coefficient (Wildman–Crippen LogP) is 5.02. The van der Waals surface area contributed by atoms with Gasteiger partial charge in [0.15, 0.2) is 5.82 Å². The highest BCUT2D eigenvalue weighted by Crippen LogP contribution is 2.47. The Bertz CT molecular complexity index is 1680. The van der Waals surface area contributed by atoms with Crippen LogP contribution in [0, 0.1) is 24.0 Å². The van der Waals surface area contributed by atoms with Crippen LogP contribution in [0.3, 0.4) is 0 Å². The fourth-order valence-electron chi connectivity index (χ4n) is 7.08. The number of hydrogen-bond acceptors (Lipinski definition) is 9. The highest BCUT2D eigenvalue weighted by atomic mass is 19.4. The van der Waals surface area contributed by atoms with Crippen LogP contribution in [0.1, 0.15) is 37.3 Å². The fraction of sp³-hybridized carbons (Fsp3) is 0.552. The SMILES string of the molecule is Cc1c(F)c(N)cc(-c2nc3c4c(nc(OCC5(C(F)F)CCOC5)nc4c2F)N2C[C@H]4CC[C@H](N4)[C@H]2[C@H](C)O3)c1C(F)(F)F.